The van der Waals surface area contributed by atoms with Gasteiger partial charge >= 0.3 is 0 Å². The maximum Gasteiger partial charge on any atom is 0.227 e. The van der Waals surface area contributed by atoms with E-state index in [-0.39, 0.29) is 29.8 Å². The molecule has 114 valence electrons. The molecule has 5 heteroatoms. The Hall–Kier alpha value is -1.46. The van der Waals surface area contributed by atoms with Crippen LogP contribution in [0.5, 0.6) is 0 Å². The fraction of sp³-hybridized carbons (Fsp3) is 0.562. The van der Waals surface area contributed by atoms with E-state index >= 15 is 0 Å². The van der Waals surface area contributed by atoms with Crippen molar-refractivity contribution in [3.8, 4) is 0 Å². The molecule has 1 saturated carbocycles. The highest BCUT2D eigenvalue weighted by atomic mass is 19.1. The third-order valence-corrected chi connectivity index (χ3v) is 4.52. The Kier molecular flexibility index (Phi) is 4.22. The average molecular weight is 292 g/mol. The molecule has 1 aliphatic carbocycles. The first-order valence-electron chi connectivity index (χ1n) is 7.57. The summed E-state index contributed by atoms with van der Waals surface area (Å²) in [6.07, 6.45) is 2.40. The predicted octanol–water partition coefficient (Wildman–Crippen LogP) is 1.85. The first-order chi connectivity index (χ1) is 10.2. The molecule has 3 unspecified atom stereocenters. The number of benzene rings is 1. The molecule has 1 aromatic carbocycles. The molecule has 0 spiro atoms. The van der Waals surface area contributed by atoms with Gasteiger partial charge in [0.15, 0.2) is 0 Å². The second kappa shape index (κ2) is 6.12. The van der Waals surface area contributed by atoms with Crippen LogP contribution in [0.3, 0.4) is 0 Å². The third kappa shape index (κ3) is 2.94. The standard InChI is InChI=1S/C16H21FN2O2/c17-13-6-2-1-4-11(13)15-10-19(8-9-21-15)16(20)12-5-3-7-14(12)18/h1-2,4,6,12,14-15H,3,5,7-10,18H2. The molecule has 3 atom stereocenters. The number of nitrogens with two attached hydrogens (primary N) is 1. The smallest absolute Gasteiger partial charge is 0.227 e. The highest BCUT2D eigenvalue weighted by Crippen LogP contribution is 2.29. The second-order valence-corrected chi connectivity index (χ2v) is 5.87. The maximum atomic E-state index is 13.9. The second-order valence-electron chi connectivity index (χ2n) is 5.87. The van der Waals surface area contributed by atoms with Crippen LogP contribution in [0.15, 0.2) is 24.3 Å². The number of nitrogens with zero attached hydrogens (tertiary/aromatic N) is 1. The first-order valence-corrected chi connectivity index (χ1v) is 7.57. The van der Waals surface area contributed by atoms with E-state index < -0.39 is 0 Å². The Morgan fingerprint density at radius 1 is 1.33 bits per heavy atom. The summed E-state index contributed by atoms with van der Waals surface area (Å²) >= 11 is 0. The highest BCUT2D eigenvalue weighted by Gasteiger charge is 2.36. The number of ether oxygens (including phenoxy) is 1. The van der Waals surface area contributed by atoms with Gasteiger partial charge in [0.05, 0.1) is 19.1 Å². The molecule has 3 rings (SSSR count). The Bertz CT molecular complexity index is 523. The van der Waals surface area contributed by atoms with Crippen molar-refractivity contribution < 1.29 is 13.9 Å². The van der Waals surface area contributed by atoms with Gasteiger partial charge in [0, 0.05) is 18.2 Å². The van der Waals surface area contributed by atoms with Crippen molar-refractivity contribution >= 4 is 5.91 Å². The number of morpholine rings is 1. The lowest BCUT2D eigenvalue weighted by molar-refractivity contribution is -0.143. The molecule has 0 bridgehead atoms. The van der Waals surface area contributed by atoms with Gasteiger partial charge in [-0.3, -0.25) is 4.79 Å². The van der Waals surface area contributed by atoms with E-state index in [1.807, 2.05) is 0 Å². The number of carbonyl (C=O) groups excluding carboxylic acids is 1. The minimum atomic E-state index is -0.387. The van der Waals surface area contributed by atoms with Crippen LogP contribution in [-0.2, 0) is 9.53 Å². The van der Waals surface area contributed by atoms with E-state index in [2.05, 4.69) is 0 Å². The zero-order valence-corrected chi connectivity index (χ0v) is 12.0. The summed E-state index contributed by atoms with van der Waals surface area (Å²) in [6.45, 7) is 1.41. The molecule has 1 heterocycles. The fourth-order valence-corrected chi connectivity index (χ4v) is 3.30. The van der Waals surface area contributed by atoms with Gasteiger partial charge in [-0.15, -0.1) is 0 Å². The van der Waals surface area contributed by atoms with Crippen LogP contribution in [0.1, 0.15) is 30.9 Å². The van der Waals surface area contributed by atoms with Crippen LogP contribution in [-0.4, -0.2) is 36.5 Å². The molecule has 1 aromatic rings. The normalized spacial score (nSPS) is 29.6. The van der Waals surface area contributed by atoms with Crippen molar-refractivity contribution in [1.82, 2.24) is 4.90 Å². The van der Waals surface area contributed by atoms with Crippen LogP contribution in [0.4, 0.5) is 4.39 Å². The van der Waals surface area contributed by atoms with Crippen molar-refractivity contribution in [3.63, 3.8) is 0 Å². The average Bonchev–Trinajstić information content (AvgIpc) is 2.93. The molecule has 1 amide bonds. The molecule has 1 aliphatic heterocycles. The van der Waals surface area contributed by atoms with Gasteiger partial charge in [-0.1, -0.05) is 24.6 Å². The van der Waals surface area contributed by atoms with E-state index in [1.54, 1.807) is 23.1 Å². The SMILES string of the molecule is NC1CCCC1C(=O)N1CCOC(c2ccccc2F)C1. The molecule has 2 fully saturated rings. The monoisotopic (exact) mass is 292 g/mol. The van der Waals surface area contributed by atoms with Gasteiger partial charge < -0.3 is 15.4 Å². The Balaban J connectivity index is 1.71. The summed E-state index contributed by atoms with van der Waals surface area (Å²) in [5.41, 5.74) is 6.54. The van der Waals surface area contributed by atoms with Crippen LogP contribution in [0.25, 0.3) is 0 Å². The molecule has 0 aromatic heterocycles. The van der Waals surface area contributed by atoms with E-state index in [1.165, 1.54) is 6.07 Å². The van der Waals surface area contributed by atoms with Gasteiger partial charge in [0.1, 0.15) is 11.9 Å². The summed E-state index contributed by atoms with van der Waals surface area (Å²) in [5, 5.41) is 0. The van der Waals surface area contributed by atoms with Crippen LogP contribution in [0.2, 0.25) is 0 Å². The summed E-state index contributed by atoms with van der Waals surface area (Å²) in [7, 11) is 0. The van der Waals surface area contributed by atoms with Crippen LogP contribution >= 0.6 is 0 Å². The van der Waals surface area contributed by atoms with Crippen molar-refractivity contribution in [2.75, 3.05) is 19.7 Å². The topological polar surface area (TPSA) is 55.6 Å². The zero-order chi connectivity index (χ0) is 14.8. The number of halogens is 1. The van der Waals surface area contributed by atoms with Gasteiger partial charge in [-0.05, 0) is 18.9 Å². The minimum Gasteiger partial charge on any atom is -0.370 e. The summed E-state index contributed by atoms with van der Waals surface area (Å²) < 4.78 is 19.5. The summed E-state index contributed by atoms with van der Waals surface area (Å²) in [4.78, 5) is 14.4. The molecular weight excluding hydrogens is 271 g/mol. The largest absolute Gasteiger partial charge is 0.370 e. The molecule has 2 aliphatic rings. The summed E-state index contributed by atoms with van der Waals surface area (Å²) in [5.74, 6) is -0.261. The molecule has 0 radical (unpaired) electrons. The van der Waals surface area contributed by atoms with Crippen LogP contribution in [0, 0.1) is 11.7 Å². The number of hydrogen-bond acceptors (Lipinski definition) is 3. The van der Waals surface area contributed by atoms with Crippen molar-refractivity contribution in [1.29, 1.82) is 0 Å². The fourth-order valence-electron chi connectivity index (χ4n) is 3.30. The van der Waals surface area contributed by atoms with E-state index in [9.17, 15) is 9.18 Å². The Labute approximate surface area is 124 Å². The molecular formula is C16H21FN2O2. The lowest BCUT2D eigenvalue weighted by Gasteiger charge is -2.35. The molecule has 21 heavy (non-hydrogen) atoms. The van der Waals surface area contributed by atoms with E-state index in [4.69, 9.17) is 10.5 Å². The van der Waals surface area contributed by atoms with Crippen molar-refractivity contribution in [3.05, 3.63) is 35.6 Å². The minimum absolute atomic E-state index is 0.0349. The molecule has 2 N–H and O–H groups in total. The van der Waals surface area contributed by atoms with Gasteiger partial charge in [0.2, 0.25) is 5.91 Å². The van der Waals surface area contributed by atoms with Crippen molar-refractivity contribution in [2.24, 2.45) is 11.7 Å². The number of hydrogen-bond donors (Lipinski definition) is 1. The van der Waals surface area contributed by atoms with Gasteiger partial charge in [-0.2, -0.15) is 0 Å². The van der Waals surface area contributed by atoms with Gasteiger partial charge in [0.25, 0.3) is 0 Å². The quantitative estimate of drug-likeness (QED) is 0.905. The third-order valence-electron chi connectivity index (χ3n) is 4.52. The Morgan fingerprint density at radius 2 is 2.14 bits per heavy atom. The van der Waals surface area contributed by atoms with Crippen molar-refractivity contribution in [2.45, 2.75) is 31.4 Å². The number of carbonyl (C=O) groups is 1. The molecule has 1 saturated heterocycles. The lowest BCUT2D eigenvalue weighted by Crippen LogP contribution is -2.47. The first kappa shape index (κ1) is 14.5. The van der Waals surface area contributed by atoms with E-state index in [0.717, 1.165) is 19.3 Å². The lowest BCUT2D eigenvalue weighted by atomic mass is 10.0. The Morgan fingerprint density at radius 3 is 2.86 bits per heavy atom. The highest BCUT2D eigenvalue weighted by molar-refractivity contribution is 5.80. The van der Waals surface area contributed by atoms with E-state index in [0.29, 0.717) is 25.3 Å². The summed E-state index contributed by atoms with van der Waals surface area (Å²) in [6, 6.07) is 6.55. The van der Waals surface area contributed by atoms with Crippen LogP contribution < -0.4 is 5.73 Å². The number of rotatable bonds is 2. The van der Waals surface area contributed by atoms with Gasteiger partial charge in [-0.25, -0.2) is 4.39 Å². The maximum absolute atomic E-state index is 13.9. The molecule has 4 nitrogen and oxygen atoms in total. The zero-order valence-electron chi connectivity index (χ0n) is 12.0. The number of amides is 1. The predicted molar refractivity (Wildman–Crippen MR) is 77.0 cm³/mol.